The molecule has 0 atom stereocenters. The molecule has 1 aromatic heterocycles. The average molecular weight is 251 g/mol. The van der Waals surface area contributed by atoms with E-state index in [4.69, 9.17) is 0 Å². The summed E-state index contributed by atoms with van der Waals surface area (Å²) in [6, 6.07) is 0. The Bertz CT molecular complexity index is 405. The Morgan fingerprint density at radius 1 is 1.28 bits per heavy atom. The van der Waals surface area contributed by atoms with Crippen LogP contribution in [0.3, 0.4) is 0 Å². The molecule has 6 nitrogen and oxygen atoms in total. The molecule has 100 valence electrons. The molecule has 0 aliphatic rings. The Labute approximate surface area is 108 Å². The molecular formula is C12H21N5O. The van der Waals surface area contributed by atoms with Gasteiger partial charge < -0.3 is 16.0 Å². The number of rotatable bonds is 6. The summed E-state index contributed by atoms with van der Waals surface area (Å²) in [5, 5.41) is 9.02. The van der Waals surface area contributed by atoms with E-state index < -0.39 is 0 Å². The number of hydrogen-bond acceptors (Lipinski definition) is 5. The lowest BCUT2D eigenvalue weighted by molar-refractivity contribution is -0.118. The van der Waals surface area contributed by atoms with E-state index >= 15 is 0 Å². The van der Waals surface area contributed by atoms with Crippen LogP contribution in [-0.2, 0) is 4.79 Å². The zero-order chi connectivity index (χ0) is 13.5. The summed E-state index contributed by atoms with van der Waals surface area (Å²) in [6.07, 6.45) is 1.53. The van der Waals surface area contributed by atoms with Crippen LogP contribution in [-0.4, -0.2) is 36.0 Å². The Balaban J connectivity index is 2.72. The number of nitrogens with zero attached hydrogens (tertiary/aromatic N) is 2. The standard InChI is InChI=1S/C12H21N5O/c1-8(2)10-11(13-4)16-7-17-12(10)15-6-5-14-9(3)18/h7-8H,5-6H2,1-4H3,(H,14,18)(H2,13,15,16,17). The maximum Gasteiger partial charge on any atom is 0.216 e. The summed E-state index contributed by atoms with van der Waals surface area (Å²) in [4.78, 5) is 19.2. The van der Waals surface area contributed by atoms with Crippen LogP contribution in [0.5, 0.6) is 0 Å². The molecule has 0 unspecified atom stereocenters. The van der Waals surface area contributed by atoms with Crippen molar-refractivity contribution in [3.8, 4) is 0 Å². The first-order valence-electron chi connectivity index (χ1n) is 6.07. The number of carbonyl (C=O) groups is 1. The van der Waals surface area contributed by atoms with Gasteiger partial charge in [-0.3, -0.25) is 4.79 Å². The van der Waals surface area contributed by atoms with Crippen molar-refractivity contribution in [1.82, 2.24) is 15.3 Å². The van der Waals surface area contributed by atoms with E-state index in [-0.39, 0.29) is 5.91 Å². The minimum atomic E-state index is -0.0283. The molecule has 0 aliphatic heterocycles. The predicted molar refractivity (Wildman–Crippen MR) is 72.8 cm³/mol. The molecule has 0 saturated heterocycles. The lowest BCUT2D eigenvalue weighted by Gasteiger charge is -2.16. The molecule has 0 fully saturated rings. The summed E-state index contributed by atoms with van der Waals surface area (Å²) in [6.45, 7) is 6.91. The van der Waals surface area contributed by atoms with E-state index in [1.165, 1.54) is 13.3 Å². The molecule has 1 heterocycles. The SMILES string of the molecule is CNc1ncnc(NCCNC(C)=O)c1C(C)C. The second-order valence-corrected chi connectivity index (χ2v) is 4.30. The number of aromatic nitrogens is 2. The second kappa shape index (κ2) is 6.78. The number of hydrogen-bond donors (Lipinski definition) is 3. The maximum absolute atomic E-state index is 10.8. The van der Waals surface area contributed by atoms with Crippen molar-refractivity contribution in [2.45, 2.75) is 26.7 Å². The molecule has 6 heteroatoms. The summed E-state index contributed by atoms with van der Waals surface area (Å²) >= 11 is 0. The van der Waals surface area contributed by atoms with Gasteiger partial charge in [0.25, 0.3) is 0 Å². The molecule has 1 aromatic rings. The van der Waals surface area contributed by atoms with Crippen LogP contribution >= 0.6 is 0 Å². The predicted octanol–water partition coefficient (Wildman–Crippen LogP) is 1.19. The zero-order valence-corrected chi connectivity index (χ0v) is 11.4. The smallest absolute Gasteiger partial charge is 0.216 e. The van der Waals surface area contributed by atoms with Crippen LogP contribution in [0.2, 0.25) is 0 Å². The molecule has 0 aliphatic carbocycles. The molecule has 3 N–H and O–H groups in total. The molecule has 1 rings (SSSR count). The van der Waals surface area contributed by atoms with Crippen molar-refractivity contribution < 1.29 is 4.79 Å². The lowest BCUT2D eigenvalue weighted by atomic mass is 10.0. The van der Waals surface area contributed by atoms with E-state index in [9.17, 15) is 4.79 Å². The average Bonchev–Trinajstić information content (AvgIpc) is 2.33. The van der Waals surface area contributed by atoms with Crippen LogP contribution in [0, 0.1) is 0 Å². The summed E-state index contributed by atoms with van der Waals surface area (Å²) in [5.74, 6) is 1.94. The first-order valence-corrected chi connectivity index (χ1v) is 6.07. The van der Waals surface area contributed by atoms with Crippen LogP contribution in [0.4, 0.5) is 11.6 Å². The largest absolute Gasteiger partial charge is 0.373 e. The third-order valence-corrected chi connectivity index (χ3v) is 2.49. The Morgan fingerprint density at radius 2 is 1.94 bits per heavy atom. The fourth-order valence-electron chi connectivity index (χ4n) is 1.70. The van der Waals surface area contributed by atoms with Gasteiger partial charge in [-0.05, 0) is 5.92 Å². The van der Waals surface area contributed by atoms with Crippen molar-refractivity contribution in [2.24, 2.45) is 0 Å². The van der Waals surface area contributed by atoms with Crippen molar-refractivity contribution in [2.75, 3.05) is 30.8 Å². The highest BCUT2D eigenvalue weighted by Gasteiger charge is 2.13. The normalized spacial score (nSPS) is 10.3. The van der Waals surface area contributed by atoms with Gasteiger partial charge in [0.1, 0.15) is 18.0 Å². The molecule has 18 heavy (non-hydrogen) atoms. The van der Waals surface area contributed by atoms with E-state index in [0.717, 1.165) is 17.2 Å². The van der Waals surface area contributed by atoms with Gasteiger partial charge in [0, 0.05) is 32.6 Å². The van der Waals surface area contributed by atoms with Crippen LogP contribution in [0.15, 0.2) is 6.33 Å². The highest BCUT2D eigenvalue weighted by molar-refractivity contribution is 5.72. The van der Waals surface area contributed by atoms with Crippen LogP contribution in [0.25, 0.3) is 0 Å². The first kappa shape index (κ1) is 14.2. The monoisotopic (exact) mass is 251 g/mol. The van der Waals surface area contributed by atoms with Crippen molar-refractivity contribution in [3.63, 3.8) is 0 Å². The highest BCUT2D eigenvalue weighted by Crippen LogP contribution is 2.27. The zero-order valence-electron chi connectivity index (χ0n) is 11.4. The van der Waals surface area contributed by atoms with Gasteiger partial charge in [0.15, 0.2) is 0 Å². The Morgan fingerprint density at radius 3 is 2.50 bits per heavy atom. The number of nitrogens with one attached hydrogen (secondary N) is 3. The minimum absolute atomic E-state index is 0.0283. The van der Waals surface area contributed by atoms with Gasteiger partial charge in [-0.15, -0.1) is 0 Å². The molecular weight excluding hydrogens is 230 g/mol. The third-order valence-electron chi connectivity index (χ3n) is 2.49. The lowest BCUT2D eigenvalue weighted by Crippen LogP contribution is -2.26. The van der Waals surface area contributed by atoms with Gasteiger partial charge >= 0.3 is 0 Å². The van der Waals surface area contributed by atoms with Gasteiger partial charge in [-0.1, -0.05) is 13.8 Å². The van der Waals surface area contributed by atoms with Gasteiger partial charge in [-0.25, -0.2) is 9.97 Å². The topological polar surface area (TPSA) is 78.9 Å². The maximum atomic E-state index is 10.8. The Kier molecular flexibility index (Phi) is 5.35. The molecule has 0 saturated carbocycles. The summed E-state index contributed by atoms with van der Waals surface area (Å²) in [7, 11) is 1.84. The van der Waals surface area contributed by atoms with E-state index in [0.29, 0.717) is 19.0 Å². The van der Waals surface area contributed by atoms with Crippen LogP contribution < -0.4 is 16.0 Å². The summed E-state index contributed by atoms with van der Waals surface area (Å²) < 4.78 is 0. The van der Waals surface area contributed by atoms with Crippen molar-refractivity contribution in [3.05, 3.63) is 11.9 Å². The van der Waals surface area contributed by atoms with Crippen LogP contribution in [0.1, 0.15) is 32.3 Å². The molecule has 0 bridgehead atoms. The molecule has 1 amide bonds. The van der Waals surface area contributed by atoms with E-state index in [1.807, 2.05) is 7.05 Å². The number of carbonyl (C=O) groups excluding carboxylic acids is 1. The van der Waals surface area contributed by atoms with Gasteiger partial charge in [-0.2, -0.15) is 0 Å². The van der Waals surface area contributed by atoms with Crippen molar-refractivity contribution >= 4 is 17.5 Å². The minimum Gasteiger partial charge on any atom is -0.373 e. The molecule has 0 radical (unpaired) electrons. The highest BCUT2D eigenvalue weighted by atomic mass is 16.1. The Hall–Kier alpha value is -1.85. The molecule has 0 spiro atoms. The fourth-order valence-corrected chi connectivity index (χ4v) is 1.70. The first-order chi connectivity index (χ1) is 8.56. The quantitative estimate of drug-likeness (QED) is 0.662. The van der Waals surface area contributed by atoms with E-state index in [2.05, 4.69) is 39.8 Å². The number of anilines is 2. The van der Waals surface area contributed by atoms with Gasteiger partial charge in [0.05, 0.1) is 0 Å². The summed E-state index contributed by atoms with van der Waals surface area (Å²) in [5.41, 5.74) is 1.06. The number of amides is 1. The second-order valence-electron chi connectivity index (χ2n) is 4.30. The van der Waals surface area contributed by atoms with Gasteiger partial charge in [0.2, 0.25) is 5.91 Å². The van der Waals surface area contributed by atoms with Crippen molar-refractivity contribution in [1.29, 1.82) is 0 Å². The van der Waals surface area contributed by atoms with E-state index in [1.54, 1.807) is 0 Å². The fraction of sp³-hybridized carbons (Fsp3) is 0.583. The third kappa shape index (κ3) is 3.87. The molecule has 0 aromatic carbocycles.